The fraction of sp³-hybridized carbons (Fsp3) is 0.154. The summed E-state index contributed by atoms with van der Waals surface area (Å²) < 4.78 is 10.6. The Hall–Kier alpha value is -3.32. The third-order valence-electron chi connectivity index (χ3n) is 5.84. The maximum absolute atomic E-state index is 13.4. The molecule has 8 heteroatoms. The Morgan fingerprint density at radius 2 is 1.74 bits per heavy atom. The summed E-state index contributed by atoms with van der Waals surface area (Å²) >= 11 is 12.1. The van der Waals surface area contributed by atoms with Gasteiger partial charge in [-0.05, 0) is 59.7 Å². The van der Waals surface area contributed by atoms with E-state index in [4.69, 9.17) is 32.7 Å². The fourth-order valence-electron chi connectivity index (χ4n) is 4.14. The van der Waals surface area contributed by atoms with E-state index in [-0.39, 0.29) is 13.3 Å². The minimum Gasteiger partial charge on any atom is -0.454 e. The Morgan fingerprint density at radius 3 is 2.53 bits per heavy atom. The zero-order valence-electron chi connectivity index (χ0n) is 17.8. The van der Waals surface area contributed by atoms with Crippen LogP contribution in [0.3, 0.4) is 0 Å². The molecule has 3 aromatic carbocycles. The Kier molecular flexibility index (Phi) is 5.81. The van der Waals surface area contributed by atoms with E-state index < -0.39 is 23.7 Å². The van der Waals surface area contributed by atoms with Crippen molar-refractivity contribution in [1.82, 2.24) is 0 Å². The summed E-state index contributed by atoms with van der Waals surface area (Å²) in [6.07, 6.45) is 2.53. The van der Waals surface area contributed by atoms with Crippen molar-refractivity contribution in [3.63, 3.8) is 0 Å². The van der Waals surface area contributed by atoms with Crippen molar-refractivity contribution in [2.45, 2.75) is 18.6 Å². The second kappa shape index (κ2) is 8.80. The highest BCUT2D eigenvalue weighted by atomic mass is 35.5. The minimum atomic E-state index is -2.02. The van der Waals surface area contributed by atoms with E-state index in [2.05, 4.69) is 0 Å². The lowest BCUT2D eigenvalue weighted by atomic mass is 9.89. The Bertz CT molecular complexity index is 1320. The lowest BCUT2D eigenvalue weighted by molar-refractivity contribution is -0.140. The second-order valence-corrected chi connectivity index (χ2v) is 9.00. The molecule has 1 N–H and O–H groups in total. The van der Waals surface area contributed by atoms with E-state index in [0.29, 0.717) is 32.8 Å². The molecule has 1 atom stereocenters. The van der Waals surface area contributed by atoms with Crippen LogP contribution in [-0.4, -0.2) is 23.6 Å². The molecule has 1 amide bonds. The predicted molar refractivity (Wildman–Crippen MR) is 129 cm³/mol. The van der Waals surface area contributed by atoms with Crippen LogP contribution in [0, 0.1) is 0 Å². The molecule has 34 heavy (non-hydrogen) atoms. The molecule has 0 fully saturated rings. The number of anilines is 1. The van der Waals surface area contributed by atoms with Crippen LogP contribution in [0.5, 0.6) is 11.5 Å². The first-order chi connectivity index (χ1) is 16.3. The number of ether oxygens (including phenoxy) is 2. The Balaban J connectivity index is 1.40. The molecular weight excluding hydrogens is 477 g/mol. The van der Waals surface area contributed by atoms with Crippen molar-refractivity contribution >= 4 is 46.7 Å². The van der Waals surface area contributed by atoms with Crippen molar-refractivity contribution in [3.05, 3.63) is 93.5 Å². The van der Waals surface area contributed by atoms with Gasteiger partial charge in [0.05, 0.1) is 18.7 Å². The van der Waals surface area contributed by atoms with Gasteiger partial charge in [0.1, 0.15) is 0 Å². The summed E-state index contributed by atoms with van der Waals surface area (Å²) in [6, 6.07) is 17.2. The molecule has 0 radical (unpaired) electrons. The predicted octanol–water partition coefficient (Wildman–Crippen LogP) is 5.13. The zero-order chi connectivity index (χ0) is 23.9. The molecule has 5 rings (SSSR count). The van der Waals surface area contributed by atoms with Crippen LogP contribution in [0.2, 0.25) is 10.0 Å². The van der Waals surface area contributed by atoms with Crippen LogP contribution in [0.1, 0.15) is 23.1 Å². The molecule has 0 aromatic heterocycles. The van der Waals surface area contributed by atoms with Crippen molar-refractivity contribution in [1.29, 1.82) is 0 Å². The number of ketones is 1. The van der Waals surface area contributed by atoms with Crippen LogP contribution in [0.15, 0.2) is 66.7 Å². The summed E-state index contributed by atoms with van der Waals surface area (Å²) in [5.41, 5.74) is 0.360. The highest BCUT2D eigenvalue weighted by Gasteiger charge is 2.50. The molecule has 0 unspecified atom stereocenters. The van der Waals surface area contributed by atoms with Gasteiger partial charge in [0.2, 0.25) is 6.79 Å². The standard InChI is InChI=1S/C26H19Cl2NO5/c27-18-5-1-17(2-6-18)14-29-22-9-7-19(28)12-21(22)26(32,25(29)31)13-20(30)8-3-16-4-10-23-24(11-16)34-15-33-23/h1-12,32H,13-15H2/b8-3+/t26-/m1/s1. The van der Waals surface area contributed by atoms with Gasteiger partial charge < -0.3 is 19.5 Å². The fourth-order valence-corrected chi connectivity index (χ4v) is 4.44. The third kappa shape index (κ3) is 4.16. The Morgan fingerprint density at radius 1 is 1.00 bits per heavy atom. The molecular formula is C26H19Cl2NO5. The zero-order valence-corrected chi connectivity index (χ0v) is 19.3. The summed E-state index contributed by atoms with van der Waals surface area (Å²) in [5, 5.41) is 12.4. The number of hydrogen-bond donors (Lipinski definition) is 1. The molecule has 0 spiro atoms. The Labute approximate surface area is 205 Å². The van der Waals surface area contributed by atoms with E-state index in [1.807, 2.05) is 12.1 Å². The topological polar surface area (TPSA) is 76.1 Å². The van der Waals surface area contributed by atoms with E-state index >= 15 is 0 Å². The summed E-state index contributed by atoms with van der Waals surface area (Å²) in [6.45, 7) is 0.374. The molecule has 2 aliphatic heterocycles. The third-order valence-corrected chi connectivity index (χ3v) is 6.32. The lowest BCUT2D eigenvalue weighted by Gasteiger charge is -2.22. The summed E-state index contributed by atoms with van der Waals surface area (Å²) in [7, 11) is 0. The molecule has 2 aliphatic rings. The maximum atomic E-state index is 13.4. The van der Waals surface area contributed by atoms with Gasteiger partial charge in [-0.3, -0.25) is 9.59 Å². The number of nitrogens with zero attached hydrogens (tertiary/aromatic N) is 1. The van der Waals surface area contributed by atoms with Crippen LogP contribution >= 0.6 is 23.2 Å². The number of amides is 1. The van der Waals surface area contributed by atoms with Crippen molar-refractivity contribution < 1.29 is 24.2 Å². The minimum absolute atomic E-state index is 0.158. The molecule has 2 heterocycles. The quantitative estimate of drug-likeness (QED) is 0.479. The number of fused-ring (bicyclic) bond motifs is 2. The molecule has 0 bridgehead atoms. The molecule has 172 valence electrons. The van der Waals surface area contributed by atoms with Gasteiger partial charge in [0, 0.05) is 15.6 Å². The van der Waals surface area contributed by atoms with Gasteiger partial charge in [-0.15, -0.1) is 0 Å². The van der Waals surface area contributed by atoms with Gasteiger partial charge in [-0.1, -0.05) is 47.5 Å². The van der Waals surface area contributed by atoms with E-state index in [1.165, 1.54) is 17.0 Å². The first kappa shape index (κ1) is 22.5. The normalized spacial score (nSPS) is 18.6. The molecule has 0 saturated heterocycles. The van der Waals surface area contributed by atoms with Crippen molar-refractivity contribution in [2.75, 3.05) is 11.7 Å². The van der Waals surface area contributed by atoms with Gasteiger partial charge >= 0.3 is 0 Å². The lowest BCUT2D eigenvalue weighted by Crippen LogP contribution is -2.41. The van der Waals surface area contributed by atoms with Gasteiger partial charge in [0.15, 0.2) is 22.9 Å². The van der Waals surface area contributed by atoms with Crippen LogP contribution in [-0.2, 0) is 21.7 Å². The van der Waals surface area contributed by atoms with Crippen LogP contribution in [0.4, 0.5) is 5.69 Å². The van der Waals surface area contributed by atoms with E-state index in [9.17, 15) is 14.7 Å². The van der Waals surface area contributed by atoms with Gasteiger partial charge in [-0.2, -0.15) is 0 Å². The number of aliphatic hydroxyl groups is 1. The number of benzene rings is 3. The van der Waals surface area contributed by atoms with Gasteiger partial charge in [0.25, 0.3) is 5.91 Å². The first-order valence-electron chi connectivity index (χ1n) is 10.5. The van der Waals surface area contributed by atoms with E-state index in [1.54, 1.807) is 48.5 Å². The largest absolute Gasteiger partial charge is 0.454 e. The summed E-state index contributed by atoms with van der Waals surface area (Å²) in [4.78, 5) is 27.7. The maximum Gasteiger partial charge on any atom is 0.264 e. The average Bonchev–Trinajstić information content (AvgIpc) is 3.36. The number of hydrogen-bond acceptors (Lipinski definition) is 5. The van der Waals surface area contributed by atoms with Crippen LogP contribution < -0.4 is 14.4 Å². The monoisotopic (exact) mass is 495 g/mol. The number of carbonyl (C=O) groups excluding carboxylic acids is 2. The smallest absolute Gasteiger partial charge is 0.264 e. The molecule has 3 aromatic rings. The number of rotatable bonds is 6. The highest BCUT2D eigenvalue weighted by Crippen LogP contribution is 2.44. The average molecular weight is 496 g/mol. The number of allylic oxidation sites excluding steroid dienone is 1. The van der Waals surface area contributed by atoms with Crippen molar-refractivity contribution in [2.24, 2.45) is 0 Å². The van der Waals surface area contributed by atoms with Crippen LogP contribution in [0.25, 0.3) is 6.08 Å². The number of halogens is 2. The van der Waals surface area contributed by atoms with Gasteiger partial charge in [-0.25, -0.2) is 0 Å². The molecule has 6 nitrogen and oxygen atoms in total. The highest BCUT2D eigenvalue weighted by molar-refractivity contribution is 6.31. The first-order valence-corrected chi connectivity index (χ1v) is 11.3. The SMILES string of the molecule is O=C(/C=C/c1ccc2c(c1)OCO2)C[C@]1(O)C(=O)N(Cc2ccc(Cl)cc2)c2ccc(Cl)cc21. The summed E-state index contributed by atoms with van der Waals surface area (Å²) in [5.74, 6) is 0.251. The van der Waals surface area contributed by atoms with E-state index in [0.717, 1.165) is 11.1 Å². The van der Waals surface area contributed by atoms with Crippen molar-refractivity contribution in [3.8, 4) is 11.5 Å². The second-order valence-electron chi connectivity index (χ2n) is 8.13. The number of carbonyl (C=O) groups is 2. The molecule has 0 saturated carbocycles. The molecule has 0 aliphatic carbocycles.